The van der Waals surface area contributed by atoms with Gasteiger partial charge in [-0.05, 0) is 23.3 Å². The van der Waals surface area contributed by atoms with Crippen LogP contribution < -0.4 is 11.1 Å². The summed E-state index contributed by atoms with van der Waals surface area (Å²) >= 11 is 0. The van der Waals surface area contributed by atoms with E-state index in [9.17, 15) is 4.79 Å². The van der Waals surface area contributed by atoms with Crippen LogP contribution in [-0.4, -0.2) is 10.5 Å². The van der Waals surface area contributed by atoms with E-state index in [0.717, 1.165) is 16.8 Å². The SMILES string of the molecule is Cn1cccc1CNC(=O)Cc1ccccc1CN. The highest BCUT2D eigenvalue weighted by Crippen LogP contribution is 2.08. The van der Waals surface area contributed by atoms with E-state index in [4.69, 9.17) is 5.73 Å². The predicted molar refractivity (Wildman–Crippen MR) is 75.3 cm³/mol. The second kappa shape index (κ2) is 6.20. The number of hydrogen-bond donors (Lipinski definition) is 2. The van der Waals surface area contributed by atoms with Crippen molar-refractivity contribution < 1.29 is 4.79 Å². The maximum Gasteiger partial charge on any atom is 0.224 e. The first-order valence-corrected chi connectivity index (χ1v) is 6.34. The van der Waals surface area contributed by atoms with Crippen LogP contribution in [0.5, 0.6) is 0 Å². The summed E-state index contributed by atoms with van der Waals surface area (Å²) in [7, 11) is 1.96. The molecule has 0 unspecified atom stereocenters. The summed E-state index contributed by atoms with van der Waals surface area (Å²) in [6.45, 7) is 1.01. The van der Waals surface area contributed by atoms with Crippen molar-refractivity contribution in [2.24, 2.45) is 12.8 Å². The van der Waals surface area contributed by atoms with Crippen LogP contribution in [0.2, 0.25) is 0 Å². The number of nitrogens with one attached hydrogen (secondary N) is 1. The molecule has 4 nitrogen and oxygen atoms in total. The fourth-order valence-corrected chi connectivity index (χ4v) is 2.03. The first kappa shape index (κ1) is 13.4. The first-order chi connectivity index (χ1) is 9.20. The van der Waals surface area contributed by atoms with Gasteiger partial charge in [-0.25, -0.2) is 0 Å². The van der Waals surface area contributed by atoms with Gasteiger partial charge in [-0.1, -0.05) is 24.3 Å². The fourth-order valence-electron chi connectivity index (χ4n) is 2.03. The highest BCUT2D eigenvalue weighted by Gasteiger charge is 2.07. The first-order valence-electron chi connectivity index (χ1n) is 6.34. The van der Waals surface area contributed by atoms with E-state index in [1.807, 2.05) is 54.2 Å². The number of carbonyl (C=O) groups is 1. The van der Waals surface area contributed by atoms with Gasteiger partial charge in [-0.2, -0.15) is 0 Å². The van der Waals surface area contributed by atoms with Gasteiger partial charge < -0.3 is 15.6 Å². The molecule has 0 saturated carbocycles. The van der Waals surface area contributed by atoms with Gasteiger partial charge in [-0.3, -0.25) is 4.79 Å². The lowest BCUT2D eigenvalue weighted by molar-refractivity contribution is -0.120. The average molecular weight is 257 g/mol. The minimum atomic E-state index is 0.0158. The van der Waals surface area contributed by atoms with Gasteiger partial charge in [0.05, 0.1) is 13.0 Å². The smallest absolute Gasteiger partial charge is 0.224 e. The molecule has 0 bridgehead atoms. The lowest BCUT2D eigenvalue weighted by Gasteiger charge is -2.09. The van der Waals surface area contributed by atoms with E-state index in [2.05, 4.69) is 5.32 Å². The number of nitrogens with two attached hydrogens (primary N) is 1. The molecule has 4 heteroatoms. The standard InChI is InChI=1S/C15H19N3O/c1-18-8-4-7-14(18)11-17-15(19)9-12-5-2-3-6-13(12)10-16/h2-8H,9-11,16H2,1H3,(H,17,19). The van der Waals surface area contributed by atoms with E-state index in [1.54, 1.807) is 0 Å². The van der Waals surface area contributed by atoms with Crippen LogP contribution in [-0.2, 0) is 31.4 Å². The maximum absolute atomic E-state index is 11.9. The summed E-state index contributed by atoms with van der Waals surface area (Å²) in [5.74, 6) is 0.0158. The van der Waals surface area contributed by atoms with Crippen molar-refractivity contribution in [3.8, 4) is 0 Å². The Hall–Kier alpha value is -2.07. The van der Waals surface area contributed by atoms with Crippen molar-refractivity contribution in [1.29, 1.82) is 0 Å². The largest absolute Gasteiger partial charge is 0.353 e. The molecule has 1 aromatic carbocycles. The van der Waals surface area contributed by atoms with E-state index in [1.165, 1.54) is 0 Å². The van der Waals surface area contributed by atoms with Gasteiger partial charge in [0.2, 0.25) is 5.91 Å². The Labute approximate surface area is 113 Å². The average Bonchev–Trinajstić information content (AvgIpc) is 2.82. The highest BCUT2D eigenvalue weighted by molar-refractivity contribution is 5.78. The minimum absolute atomic E-state index is 0.0158. The van der Waals surface area contributed by atoms with Crippen LogP contribution >= 0.6 is 0 Å². The minimum Gasteiger partial charge on any atom is -0.353 e. The van der Waals surface area contributed by atoms with Crippen molar-refractivity contribution in [2.45, 2.75) is 19.5 Å². The quantitative estimate of drug-likeness (QED) is 0.849. The number of benzene rings is 1. The normalized spacial score (nSPS) is 10.4. The number of hydrogen-bond acceptors (Lipinski definition) is 2. The van der Waals surface area contributed by atoms with Crippen molar-refractivity contribution in [2.75, 3.05) is 0 Å². The number of nitrogens with zero attached hydrogens (tertiary/aromatic N) is 1. The third-order valence-electron chi connectivity index (χ3n) is 3.21. The van der Waals surface area contributed by atoms with Crippen molar-refractivity contribution in [3.05, 3.63) is 59.4 Å². The van der Waals surface area contributed by atoms with Gasteiger partial charge in [0, 0.05) is 25.5 Å². The third-order valence-corrected chi connectivity index (χ3v) is 3.21. The second-order valence-corrected chi connectivity index (χ2v) is 4.54. The molecule has 0 spiro atoms. The molecule has 1 aromatic heterocycles. The van der Waals surface area contributed by atoms with Gasteiger partial charge in [-0.15, -0.1) is 0 Å². The monoisotopic (exact) mass is 257 g/mol. The Morgan fingerprint density at radius 2 is 1.95 bits per heavy atom. The molecule has 0 aliphatic carbocycles. The highest BCUT2D eigenvalue weighted by atomic mass is 16.1. The van der Waals surface area contributed by atoms with E-state index in [0.29, 0.717) is 19.5 Å². The molecule has 1 amide bonds. The summed E-state index contributed by atoms with van der Waals surface area (Å²) in [4.78, 5) is 11.9. The maximum atomic E-state index is 11.9. The topological polar surface area (TPSA) is 60.0 Å². The molecule has 2 aromatic rings. The number of aromatic nitrogens is 1. The molecule has 1 heterocycles. The molecule has 0 atom stereocenters. The summed E-state index contributed by atoms with van der Waals surface area (Å²) < 4.78 is 1.99. The summed E-state index contributed by atoms with van der Waals surface area (Å²) in [5.41, 5.74) is 8.77. The lowest BCUT2D eigenvalue weighted by atomic mass is 10.0. The van der Waals surface area contributed by atoms with Crippen molar-refractivity contribution in [3.63, 3.8) is 0 Å². The van der Waals surface area contributed by atoms with E-state index >= 15 is 0 Å². The van der Waals surface area contributed by atoms with E-state index < -0.39 is 0 Å². The molecule has 0 saturated heterocycles. The number of rotatable bonds is 5. The Balaban J connectivity index is 1.93. The van der Waals surface area contributed by atoms with Gasteiger partial charge in [0.25, 0.3) is 0 Å². The molecule has 0 fully saturated rings. The van der Waals surface area contributed by atoms with Gasteiger partial charge >= 0.3 is 0 Å². The molecule has 0 aliphatic heterocycles. The van der Waals surface area contributed by atoms with Crippen LogP contribution in [0.1, 0.15) is 16.8 Å². The molecule has 2 rings (SSSR count). The summed E-state index contributed by atoms with van der Waals surface area (Å²) in [5, 5.41) is 2.93. The Bertz CT molecular complexity index is 560. The molecular weight excluding hydrogens is 238 g/mol. The van der Waals surface area contributed by atoms with Gasteiger partial charge in [0.15, 0.2) is 0 Å². The zero-order valence-corrected chi connectivity index (χ0v) is 11.1. The Morgan fingerprint density at radius 3 is 2.58 bits per heavy atom. The molecular formula is C15H19N3O. The van der Waals surface area contributed by atoms with Gasteiger partial charge in [0.1, 0.15) is 0 Å². The second-order valence-electron chi connectivity index (χ2n) is 4.54. The van der Waals surface area contributed by atoms with Crippen LogP contribution in [0.4, 0.5) is 0 Å². The van der Waals surface area contributed by atoms with E-state index in [-0.39, 0.29) is 5.91 Å². The summed E-state index contributed by atoms with van der Waals surface area (Å²) in [6.07, 6.45) is 2.34. The van der Waals surface area contributed by atoms with Crippen LogP contribution in [0.3, 0.4) is 0 Å². The number of carbonyl (C=O) groups excluding carboxylic acids is 1. The number of aryl methyl sites for hydroxylation is 1. The third kappa shape index (κ3) is 3.45. The molecule has 3 N–H and O–H groups in total. The Kier molecular flexibility index (Phi) is 4.36. The molecule has 19 heavy (non-hydrogen) atoms. The van der Waals surface area contributed by atoms with Crippen LogP contribution in [0.25, 0.3) is 0 Å². The molecule has 0 radical (unpaired) electrons. The lowest BCUT2D eigenvalue weighted by Crippen LogP contribution is -2.26. The van der Waals surface area contributed by atoms with Crippen LogP contribution in [0.15, 0.2) is 42.6 Å². The zero-order chi connectivity index (χ0) is 13.7. The predicted octanol–water partition coefficient (Wildman–Crippen LogP) is 1.34. The fraction of sp³-hybridized carbons (Fsp3) is 0.267. The molecule has 100 valence electrons. The van der Waals surface area contributed by atoms with Crippen LogP contribution in [0, 0.1) is 0 Å². The molecule has 0 aliphatic rings. The summed E-state index contributed by atoms with van der Waals surface area (Å²) in [6, 6.07) is 11.7. The zero-order valence-electron chi connectivity index (χ0n) is 11.1. The number of amides is 1. The Morgan fingerprint density at radius 1 is 1.21 bits per heavy atom. The van der Waals surface area contributed by atoms with Crippen molar-refractivity contribution in [1.82, 2.24) is 9.88 Å². The van der Waals surface area contributed by atoms with Crippen molar-refractivity contribution >= 4 is 5.91 Å².